The summed E-state index contributed by atoms with van der Waals surface area (Å²) >= 11 is 11.4. The molecule has 2 unspecified atom stereocenters. The Hall–Kier alpha value is -1.66. The van der Waals surface area contributed by atoms with Crippen molar-refractivity contribution in [1.29, 1.82) is 0 Å². The zero-order valence-corrected chi connectivity index (χ0v) is 14.9. The van der Waals surface area contributed by atoms with Gasteiger partial charge in [0.05, 0.1) is 0 Å². The first-order valence-corrected chi connectivity index (χ1v) is 8.31. The van der Waals surface area contributed by atoms with Gasteiger partial charge in [-0.1, -0.05) is 30.7 Å². The lowest BCUT2D eigenvalue weighted by Gasteiger charge is -2.32. The van der Waals surface area contributed by atoms with Crippen molar-refractivity contribution in [3.63, 3.8) is 0 Å². The Morgan fingerprint density at radius 2 is 2.00 bits per heavy atom. The van der Waals surface area contributed by atoms with E-state index in [1.165, 1.54) is 6.92 Å². The molecule has 0 aromatic heterocycles. The van der Waals surface area contributed by atoms with Crippen molar-refractivity contribution in [3.8, 4) is 0 Å². The van der Waals surface area contributed by atoms with E-state index in [1.54, 1.807) is 28.9 Å². The highest BCUT2D eigenvalue weighted by Crippen LogP contribution is 2.29. The molecule has 0 saturated carbocycles. The molecule has 2 atom stereocenters. The van der Waals surface area contributed by atoms with E-state index in [0.29, 0.717) is 16.7 Å². The van der Waals surface area contributed by atoms with E-state index >= 15 is 0 Å². The Bertz CT molecular complexity index is 620. The molecule has 0 spiro atoms. The average molecular weight is 354 g/mol. The maximum absolute atomic E-state index is 12.5. The van der Waals surface area contributed by atoms with Crippen LogP contribution in [0, 0.1) is 0 Å². The first-order valence-electron chi connectivity index (χ1n) is 7.53. The minimum absolute atomic E-state index is 0.0406. The van der Waals surface area contributed by atoms with Crippen molar-refractivity contribution < 1.29 is 9.59 Å². The topological polar surface area (TPSA) is 52.7 Å². The van der Waals surface area contributed by atoms with E-state index in [1.807, 2.05) is 19.1 Å². The molecular weight excluding hydrogens is 334 g/mol. The third-order valence-corrected chi connectivity index (χ3v) is 4.43. The van der Waals surface area contributed by atoms with Crippen molar-refractivity contribution >= 4 is 40.7 Å². The predicted octanol–water partition coefficient (Wildman–Crippen LogP) is 2.70. The van der Waals surface area contributed by atoms with Crippen LogP contribution in [0.5, 0.6) is 0 Å². The molecule has 1 aliphatic rings. The molecule has 1 fully saturated rings. The Morgan fingerprint density at radius 3 is 2.52 bits per heavy atom. The second kappa shape index (κ2) is 7.27. The number of thiocarbonyl (C=S) groups is 1. The van der Waals surface area contributed by atoms with Gasteiger partial charge in [0, 0.05) is 18.5 Å². The lowest BCUT2D eigenvalue weighted by molar-refractivity contribution is -0.128. The monoisotopic (exact) mass is 353 g/mol. The summed E-state index contributed by atoms with van der Waals surface area (Å²) in [5.74, 6) is -0.234. The van der Waals surface area contributed by atoms with E-state index < -0.39 is 12.2 Å². The fourth-order valence-corrected chi connectivity index (χ4v) is 3.23. The molecular formula is C16H20ClN3O2S. The smallest absolute Gasteiger partial charge is 0.251 e. The van der Waals surface area contributed by atoms with Gasteiger partial charge in [0.15, 0.2) is 5.11 Å². The third-order valence-electron chi connectivity index (χ3n) is 3.74. The minimum Gasteiger partial charge on any atom is -0.332 e. The number of benzene rings is 1. The molecule has 1 aliphatic heterocycles. The van der Waals surface area contributed by atoms with Crippen LogP contribution < -0.4 is 5.32 Å². The maximum Gasteiger partial charge on any atom is 0.251 e. The Labute approximate surface area is 146 Å². The van der Waals surface area contributed by atoms with Gasteiger partial charge in [-0.25, -0.2) is 0 Å². The molecule has 2 amide bonds. The molecule has 7 heteroatoms. The largest absolute Gasteiger partial charge is 0.332 e. The van der Waals surface area contributed by atoms with Crippen molar-refractivity contribution in [2.75, 3.05) is 6.54 Å². The second-order valence-electron chi connectivity index (χ2n) is 5.51. The quantitative estimate of drug-likeness (QED) is 0.827. The molecule has 124 valence electrons. The lowest BCUT2D eigenvalue weighted by Crippen LogP contribution is -2.45. The fourth-order valence-electron chi connectivity index (χ4n) is 2.66. The number of amides is 2. The van der Waals surface area contributed by atoms with Crippen LogP contribution >= 0.6 is 23.8 Å². The van der Waals surface area contributed by atoms with Crippen molar-refractivity contribution in [2.24, 2.45) is 0 Å². The summed E-state index contributed by atoms with van der Waals surface area (Å²) in [4.78, 5) is 27.5. The fraction of sp³-hybridized carbons (Fsp3) is 0.438. The molecule has 1 saturated heterocycles. The highest BCUT2D eigenvalue weighted by Gasteiger charge is 2.43. The van der Waals surface area contributed by atoms with Gasteiger partial charge in [-0.15, -0.1) is 0 Å². The van der Waals surface area contributed by atoms with Crippen LogP contribution in [0.25, 0.3) is 0 Å². The molecule has 23 heavy (non-hydrogen) atoms. The van der Waals surface area contributed by atoms with Crippen molar-refractivity contribution in [3.05, 3.63) is 34.9 Å². The molecule has 1 aromatic carbocycles. The molecule has 5 nitrogen and oxygen atoms in total. The summed E-state index contributed by atoms with van der Waals surface area (Å²) in [6.07, 6.45) is 0.316. The zero-order chi connectivity index (χ0) is 17.1. The van der Waals surface area contributed by atoms with E-state index in [0.717, 1.165) is 12.0 Å². The summed E-state index contributed by atoms with van der Waals surface area (Å²) in [5.41, 5.74) is 0.824. The number of hydrogen-bond acceptors (Lipinski definition) is 3. The number of hydrogen-bond donors (Lipinski definition) is 1. The predicted molar refractivity (Wildman–Crippen MR) is 93.9 cm³/mol. The molecule has 1 aromatic rings. The van der Waals surface area contributed by atoms with Crippen LogP contribution in [0.4, 0.5) is 0 Å². The first-order chi connectivity index (χ1) is 10.9. The van der Waals surface area contributed by atoms with Crippen LogP contribution in [0.1, 0.15) is 38.9 Å². The number of carbonyl (C=O) groups excluding carboxylic acids is 2. The van der Waals surface area contributed by atoms with Crippen LogP contribution in [0.2, 0.25) is 5.02 Å². The molecule has 0 aliphatic carbocycles. The Kier molecular flexibility index (Phi) is 5.59. The molecule has 0 bridgehead atoms. The van der Waals surface area contributed by atoms with E-state index in [-0.39, 0.29) is 11.8 Å². The van der Waals surface area contributed by atoms with Gasteiger partial charge in [0.25, 0.3) is 5.91 Å². The summed E-state index contributed by atoms with van der Waals surface area (Å²) < 4.78 is 0. The SMILES string of the molecule is CCCN1C(=O)C(C)N(C(NC(C)=O)c2ccc(Cl)cc2)C1=S. The summed E-state index contributed by atoms with van der Waals surface area (Å²) in [6, 6.07) is 6.72. The van der Waals surface area contributed by atoms with E-state index in [2.05, 4.69) is 5.32 Å². The number of nitrogens with one attached hydrogen (secondary N) is 1. The highest BCUT2D eigenvalue weighted by molar-refractivity contribution is 7.80. The van der Waals surface area contributed by atoms with Gasteiger partial charge in [0.1, 0.15) is 12.2 Å². The minimum atomic E-state index is -0.502. The van der Waals surface area contributed by atoms with Gasteiger partial charge in [-0.3, -0.25) is 14.5 Å². The zero-order valence-electron chi connectivity index (χ0n) is 13.4. The van der Waals surface area contributed by atoms with Gasteiger partial charge < -0.3 is 10.2 Å². The normalized spacial score (nSPS) is 19.2. The van der Waals surface area contributed by atoms with Crippen LogP contribution in [0.15, 0.2) is 24.3 Å². The van der Waals surface area contributed by atoms with Crippen molar-refractivity contribution in [1.82, 2.24) is 15.1 Å². The summed E-state index contributed by atoms with van der Waals surface area (Å²) in [7, 11) is 0. The van der Waals surface area contributed by atoms with Crippen LogP contribution in [0.3, 0.4) is 0 Å². The molecule has 0 radical (unpaired) electrons. The van der Waals surface area contributed by atoms with E-state index in [4.69, 9.17) is 23.8 Å². The number of halogens is 1. The number of nitrogens with zero attached hydrogens (tertiary/aromatic N) is 2. The Balaban J connectivity index is 2.38. The van der Waals surface area contributed by atoms with Gasteiger partial charge in [-0.2, -0.15) is 0 Å². The number of carbonyl (C=O) groups is 2. The van der Waals surface area contributed by atoms with Gasteiger partial charge in [0.2, 0.25) is 5.91 Å². The van der Waals surface area contributed by atoms with Crippen LogP contribution in [-0.4, -0.2) is 39.3 Å². The first kappa shape index (κ1) is 17.7. The molecule has 1 heterocycles. The number of rotatable bonds is 5. The molecule has 1 N–H and O–H groups in total. The van der Waals surface area contributed by atoms with E-state index in [9.17, 15) is 9.59 Å². The summed E-state index contributed by atoms with van der Waals surface area (Å²) in [6.45, 7) is 5.81. The standard InChI is InChI=1S/C16H20ClN3O2S/c1-4-9-19-15(22)10(2)20(16(19)23)14(18-11(3)21)12-5-7-13(17)8-6-12/h5-8,10,14H,4,9H2,1-3H3,(H,18,21). The van der Waals surface area contributed by atoms with Gasteiger partial charge in [-0.05, 0) is 43.3 Å². The highest BCUT2D eigenvalue weighted by atomic mass is 35.5. The molecule has 2 rings (SSSR count). The van der Waals surface area contributed by atoms with Crippen LogP contribution in [-0.2, 0) is 9.59 Å². The second-order valence-corrected chi connectivity index (χ2v) is 6.31. The maximum atomic E-state index is 12.5. The Morgan fingerprint density at radius 1 is 1.39 bits per heavy atom. The lowest BCUT2D eigenvalue weighted by atomic mass is 10.1. The van der Waals surface area contributed by atoms with Crippen molar-refractivity contribution in [2.45, 2.75) is 39.4 Å². The third kappa shape index (κ3) is 3.64. The summed E-state index contributed by atoms with van der Waals surface area (Å²) in [5, 5.41) is 3.93. The average Bonchev–Trinajstić information content (AvgIpc) is 2.70. The van der Waals surface area contributed by atoms with Gasteiger partial charge >= 0.3 is 0 Å².